The molecule has 3 N–H and O–H groups in total. The predicted octanol–water partition coefficient (Wildman–Crippen LogP) is 1.93. The molecule has 2 aromatic heterocycles. The molecule has 0 radical (unpaired) electrons. The standard InChI is InChI=1S/C23H24N4O4/c28-20(23(30)31)19(13-15-7-2-1-3-8-15)25-22(29)17-10-6-12-24-21(17)27-14-16-9-4-5-11-18(16)26-27/h1-3,6-8,10,12,14,19-20,28H,4-5,9,11,13H2,(H,25,29)(H,30,31). The zero-order chi connectivity index (χ0) is 21.8. The number of aliphatic hydroxyl groups is 1. The van der Waals surface area contributed by atoms with Gasteiger partial charge in [0.2, 0.25) is 0 Å². The first-order valence-electron chi connectivity index (χ1n) is 10.3. The summed E-state index contributed by atoms with van der Waals surface area (Å²) in [5.74, 6) is -1.54. The summed E-state index contributed by atoms with van der Waals surface area (Å²) in [4.78, 5) is 28.9. The number of aromatic nitrogens is 3. The molecule has 2 heterocycles. The highest BCUT2D eigenvalue weighted by Gasteiger charge is 2.29. The molecular formula is C23H24N4O4. The van der Waals surface area contributed by atoms with Crippen molar-refractivity contribution in [2.45, 2.75) is 44.2 Å². The highest BCUT2D eigenvalue weighted by molar-refractivity contribution is 5.97. The Morgan fingerprint density at radius 3 is 2.61 bits per heavy atom. The molecule has 0 aliphatic heterocycles. The first kappa shape index (κ1) is 20.7. The quantitative estimate of drug-likeness (QED) is 0.538. The number of carboxylic acids is 1. The normalized spacial score (nSPS) is 15.0. The first-order valence-corrected chi connectivity index (χ1v) is 10.3. The van der Waals surface area contributed by atoms with Crippen molar-refractivity contribution < 1.29 is 19.8 Å². The molecule has 0 bridgehead atoms. The lowest BCUT2D eigenvalue weighted by Crippen LogP contribution is -2.48. The Morgan fingerprint density at radius 2 is 1.87 bits per heavy atom. The Bertz CT molecular complexity index is 1060. The van der Waals surface area contributed by atoms with E-state index in [9.17, 15) is 19.8 Å². The molecule has 2 atom stereocenters. The Kier molecular flexibility index (Phi) is 6.08. The second kappa shape index (κ2) is 9.09. The number of amides is 1. The summed E-state index contributed by atoms with van der Waals surface area (Å²) in [5.41, 5.74) is 3.25. The molecule has 2 unspecified atom stereocenters. The molecule has 1 amide bonds. The zero-order valence-electron chi connectivity index (χ0n) is 16.9. The van der Waals surface area contributed by atoms with E-state index in [0.717, 1.165) is 42.5 Å². The minimum atomic E-state index is -1.75. The second-order valence-electron chi connectivity index (χ2n) is 7.68. The molecule has 1 aromatic carbocycles. The molecule has 0 saturated carbocycles. The van der Waals surface area contributed by atoms with Crippen LogP contribution in [-0.2, 0) is 24.1 Å². The van der Waals surface area contributed by atoms with Gasteiger partial charge in [-0.15, -0.1) is 0 Å². The Balaban J connectivity index is 1.61. The third-order valence-corrected chi connectivity index (χ3v) is 5.48. The Morgan fingerprint density at radius 1 is 1.10 bits per heavy atom. The number of rotatable bonds is 7. The molecule has 8 nitrogen and oxygen atoms in total. The van der Waals surface area contributed by atoms with Gasteiger partial charge in [0.25, 0.3) is 5.91 Å². The minimum Gasteiger partial charge on any atom is -0.479 e. The van der Waals surface area contributed by atoms with Crippen LogP contribution in [0.4, 0.5) is 0 Å². The van der Waals surface area contributed by atoms with E-state index < -0.39 is 24.0 Å². The van der Waals surface area contributed by atoms with E-state index in [2.05, 4.69) is 15.4 Å². The van der Waals surface area contributed by atoms with Crippen LogP contribution in [0, 0.1) is 0 Å². The average molecular weight is 420 g/mol. The highest BCUT2D eigenvalue weighted by Crippen LogP contribution is 2.22. The van der Waals surface area contributed by atoms with Crippen LogP contribution in [0.25, 0.3) is 5.82 Å². The Hall–Kier alpha value is -3.52. The van der Waals surface area contributed by atoms with Gasteiger partial charge < -0.3 is 15.5 Å². The number of nitrogens with one attached hydrogen (secondary N) is 1. The number of aliphatic carboxylic acids is 1. The van der Waals surface area contributed by atoms with Crippen LogP contribution < -0.4 is 5.32 Å². The maximum Gasteiger partial charge on any atom is 0.334 e. The van der Waals surface area contributed by atoms with Crippen molar-refractivity contribution in [2.24, 2.45) is 0 Å². The van der Waals surface area contributed by atoms with Crippen molar-refractivity contribution in [3.05, 3.63) is 77.2 Å². The molecule has 1 aliphatic carbocycles. The van der Waals surface area contributed by atoms with E-state index in [-0.39, 0.29) is 12.0 Å². The van der Waals surface area contributed by atoms with Crippen molar-refractivity contribution in [1.29, 1.82) is 0 Å². The fourth-order valence-corrected chi connectivity index (χ4v) is 3.87. The minimum absolute atomic E-state index is 0.172. The SMILES string of the molecule is O=C(NC(Cc1ccccc1)C(O)C(=O)O)c1cccnc1-n1cc2c(n1)CCCC2. The van der Waals surface area contributed by atoms with Crippen LogP contribution in [0.15, 0.2) is 54.9 Å². The largest absolute Gasteiger partial charge is 0.479 e. The van der Waals surface area contributed by atoms with Crippen LogP contribution in [-0.4, -0.2) is 49.0 Å². The third-order valence-electron chi connectivity index (χ3n) is 5.48. The van der Waals surface area contributed by atoms with Gasteiger partial charge in [-0.2, -0.15) is 5.10 Å². The van der Waals surface area contributed by atoms with Gasteiger partial charge in [-0.3, -0.25) is 4.79 Å². The molecule has 1 aliphatic rings. The maximum atomic E-state index is 13.1. The predicted molar refractivity (Wildman–Crippen MR) is 113 cm³/mol. The summed E-state index contributed by atoms with van der Waals surface area (Å²) in [6.45, 7) is 0. The van der Waals surface area contributed by atoms with Crippen molar-refractivity contribution in [3.63, 3.8) is 0 Å². The molecule has 0 fully saturated rings. The molecule has 3 aromatic rings. The lowest BCUT2D eigenvalue weighted by molar-refractivity contribution is -0.148. The van der Waals surface area contributed by atoms with E-state index in [1.807, 2.05) is 36.5 Å². The number of pyridine rings is 1. The van der Waals surface area contributed by atoms with Crippen LogP contribution >= 0.6 is 0 Å². The number of hydrogen-bond donors (Lipinski definition) is 3. The fourth-order valence-electron chi connectivity index (χ4n) is 3.87. The van der Waals surface area contributed by atoms with Gasteiger partial charge in [0.1, 0.15) is 0 Å². The molecule has 0 saturated heterocycles. The molecule has 0 spiro atoms. The zero-order valence-corrected chi connectivity index (χ0v) is 16.9. The van der Waals surface area contributed by atoms with E-state index >= 15 is 0 Å². The molecule has 8 heteroatoms. The Labute approximate surface area is 179 Å². The second-order valence-corrected chi connectivity index (χ2v) is 7.68. The van der Waals surface area contributed by atoms with Crippen LogP contribution in [0.5, 0.6) is 0 Å². The van der Waals surface area contributed by atoms with Crippen molar-refractivity contribution in [1.82, 2.24) is 20.1 Å². The lowest BCUT2D eigenvalue weighted by atomic mass is 9.99. The van der Waals surface area contributed by atoms with Gasteiger partial charge in [-0.1, -0.05) is 30.3 Å². The van der Waals surface area contributed by atoms with Crippen LogP contribution in [0.3, 0.4) is 0 Å². The van der Waals surface area contributed by atoms with Crippen molar-refractivity contribution in [3.8, 4) is 5.82 Å². The number of hydrogen-bond acceptors (Lipinski definition) is 5. The summed E-state index contributed by atoms with van der Waals surface area (Å²) in [5, 5.41) is 26.8. The van der Waals surface area contributed by atoms with Gasteiger partial charge in [0.05, 0.1) is 17.3 Å². The van der Waals surface area contributed by atoms with Gasteiger partial charge in [-0.05, 0) is 55.4 Å². The van der Waals surface area contributed by atoms with Gasteiger partial charge in [0.15, 0.2) is 11.9 Å². The topological polar surface area (TPSA) is 117 Å². The number of fused-ring (bicyclic) bond motifs is 1. The van der Waals surface area contributed by atoms with Crippen molar-refractivity contribution >= 4 is 11.9 Å². The lowest BCUT2D eigenvalue weighted by Gasteiger charge is -2.22. The smallest absolute Gasteiger partial charge is 0.334 e. The average Bonchev–Trinajstić information content (AvgIpc) is 3.23. The number of aliphatic hydroxyl groups excluding tert-OH is 1. The molecule has 160 valence electrons. The summed E-state index contributed by atoms with van der Waals surface area (Å²) in [7, 11) is 0. The maximum absolute atomic E-state index is 13.1. The molecule has 31 heavy (non-hydrogen) atoms. The number of carbonyl (C=O) groups excluding carboxylic acids is 1. The number of carboxylic acid groups (broad SMARTS) is 1. The summed E-state index contributed by atoms with van der Waals surface area (Å²) in [6.07, 6.45) is 5.97. The van der Waals surface area contributed by atoms with E-state index in [4.69, 9.17) is 0 Å². The van der Waals surface area contributed by atoms with Crippen LogP contribution in [0.2, 0.25) is 0 Å². The fraction of sp³-hybridized carbons (Fsp3) is 0.304. The van der Waals surface area contributed by atoms with Crippen LogP contribution in [0.1, 0.15) is 40.0 Å². The van der Waals surface area contributed by atoms with E-state index in [0.29, 0.717) is 5.82 Å². The molecule has 4 rings (SSSR count). The summed E-state index contributed by atoms with van der Waals surface area (Å²) >= 11 is 0. The number of aryl methyl sites for hydroxylation is 2. The summed E-state index contributed by atoms with van der Waals surface area (Å²) in [6, 6.07) is 11.4. The molecular weight excluding hydrogens is 396 g/mol. The number of benzene rings is 1. The monoisotopic (exact) mass is 420 g/mol. The number of nitrogens with zero attached hydrogens (tertiary/aromatic N) is 3. The van der Waals surface area contributed by atoms with Gasteiger partial charge in [0, 0.05) is 12.4 Å². The summed E-state index contributed by atoms with van der Waals surface area (Å²) < 4.78 is 1.62. The van der Waals surface area contributed by atoms with E-state index in [1.165, 1.54) is 0 Å². The first-order chi connectivity index (χ1) is 15.0. The third kappa shape index (κ3) is 4.64. The van der Waals surface area contributed by atoms with Crippen molar-refractivity contribution in [2.75, 3.05) is 0 Å². The van der Waals surface area contributed by atoms with E-state index in [1.54, 1.807) is 23.0 Å². The van der Waals surface area contributed by atoms with Gasteiger partial charge in [-0.25, -0.2) is 14.5 Å². The number of carbonyl (C=O) groups is 2. The van der Waals surface area contributed by atoms with Gasteiger partial charge >= 0.3 is 5.97 Å². The highest BCUT2D eigenvalue weighted by atomic mass is 16.4.